The van der Waals surface area contributed by atoms with Crippen molar-refractivity contribution in [2.45, 2.75) is 18.4 Å². The van der Waals surface area contributed by atoms with E-state index in [1.165, 1.54) is 13.3 Å². The number of halogens is 1. The van der Waals surface area contributed by atoms with E-state index in [4.69, 9.17) is 21.4 Å². The molecule has 0 aromatic heterocycles. The van der Waals surface area contributed by atoms with Crippen molar-refractivity contribution >= 4 is 40.8 Å². The summed E-state index contributed by atoms with van der Waals surface area (Å²) in [5, 5.41) is 6.30. The van der Waals surface area contributed by atoms with Crippen molar-refractivity contribution in [3.63, 3.8) is 0 Å². The van der Waals surface area contributed by atoms with Crippen LogP contribution >= 0.6 is 11.6 Å². The Hall–Kier alpha value is -5.01. The molecule has 42 heavy (non-hydrogen) atoms. The van der Waals surface area contributed by atoms with Crippen molar-refractivity contribution in [1.29, 1.82) is 0 Å². The fourth-order valence-electron chi connectivity index (χ4n) is 5.61. The van der Waals surface area contributed by atoms with Crippen molar-refractivity contribution in [2.24, 2.45) is 5.10 Å². The number of amides is 2. The summed E-state index contributed by atoms with van der Waals surface area (Å²) >= 11 is 6.54. The van der Waals surface area contributed by atoms with Crippen LogP contribution in [0.25, 0.3) is 0 Å². The highest BCUT2D eigenvalue weighted by Gasteiger charge is 2.57. The number of hydrazone groups is 1. The lowest BCUT2D eigenvalue weighted by atomic mass is 9.70. The second-order valence-electron chi connectivity index (χ2n) is 10.1. The standard InChI is InChI=1S/C34H26ClN3O4/c1-42-32(40)28-22-38(31(39)25-15-9-4-10-16-25)36-29(24-13-7-3-8-14-24)20-34(28)27-19-26(35)17-18-30(27)37(33(34)41)21-23-11-5-2-6-12-23/h2-19,22H,20-21H2,1H3. The van der Waals surface area contributed by atoms with E-state index in [-0.39, 0.29) is 24.4 Å². The fraction of sp³-hybridized carbons (Fsp3) is 0.118. The highest BCUT2D eigenvalue weighted by Crippen LogP contribution is 2.51. The first kappa shape index (κ1) is 27.2. The number of rotatable bonds is 5. The van der Waals surface area contributed by atoms with Gasteiger partial charge in [-0.25, -0.2) is 9.80 Å². The van der Waals surface area contributed by atoms with Crippen molar-refractivity contribution < 1.29 is 19.1 Å². The Morgan fingerprint density at radius 1 is 0.905 bits per heavy atom. The van der Waals surface area contributed by atoms with Crippen LogP contribution in [0, 0.1) is 0 Å². The number of carbonyl (C=O) groups is 3. The van der Waals surface area contributed by atoms with E-state index in [9.17, 15) is 14.4 Å². The van der Waals surface area contributed by atoms with Gasteiger partial charge in [0.2, 0.25) is 5.91 Å². The molecule has 208 valence electrons. The molecule has 0 radical (unpaired) electrons. The van der Waals surface area contributed by atoms with Gasteiger partial charge >= 0.3 is 5.97 Å². The summed E-state index contributed by atoms with van der Waals surface area (Å²) in [6.07, 6.45) is 1.33. The number of hydrogen-bond acceptors (Lipinski definition) is 5. The Morgan fingerprint density at radius 2 is 1.55 bits per heavy atom. The van der Waals surface area contributed by atoms with Crippen LogP contribution in [0.3, 0.4) is 0 Å². The molecule has 7 nitrogen and oxygen atoms in total. The topological polar surface area (TPSA) is 79.3 Å². The summed E-state index contributed by atoms with van der Waals surface area (Å²) in [7, 11) is 1.25. The fourth-order valence-corrected chi connectivity index (χ4v) is 5.78. The molecule has 0 N–H and O–H groups in total. The smallest absolute Gasteiger partial charge is 0.336 e. The maximum Gasteiger partial charge on any atom is 0.336 e. The Morgan fingerprint density at radius 3 is 2.21 bits per heavy atom. The molecular weight excluding hydrogens is 550 g/mol. The van der Waals surface area contributed by atoms with Crippen LogP contribution in [0.15, 0.2) is 126 Å². The Labute approximate surface area is 248 Å². The third-order valence-electron chi connectivity index (χ3n) is 7.62. The summed E-state index contributed by atoms with van der Waals surface area (Å²) in [4.78, 5) is 43.9. The van der Waals surface area contributed by atoms with Crippen LogP contribution in [0.1, 0.15) is 33.5 Å². The first-order chi connectivity index (χ1) is 20.4. The second kappa shape index (κ2) is 11.1. The zero-order chi connectivity index (χ0) is 29.3. The zero-order valence-electron chi connectivity index (χ0n) is 22.7. The average Bonchev–Trinajstić information content (AvgIpc) is 3.15. The molecule has 8 heteroatoms. The van der Waals surface area contributed by atoms with Gasteiger partial charge < -0.3 is 9.64 Å². The van der Waals surface area contributed by atoms with Gasteiger partial charge in [0, 0.05) is 28.9 Å². The molecule has 6 rings (SSSR count). The van der Waals surface area contributed by atoms with Crippen molar-refractivity contribution in [3.05, 3.63) is 148 Å². The number of esters is 1. The molecule has 0 fully saturated rings. The van der Waals surface area contributed by atoms with Gasteiger partial charge in [0.1, 0.15) is 5.41 Å². The zero-order valence-corrected chi connectivity index (χ0v) is 23.5. The molecule has 2 aliphatic heterocycles. The number of anilines is 1. The second-order valence-corrected chi connectivity index (χ2v) is 10.5. The van der Waals surface area contributed by atoms with Crippen LogP contribution in [0.5, 0.6) is 0 Å². The highest BCUT2D eigenvalue weighted by molar-refractivity contribution is 6.31. The first-order valence-corrected chi connectivity index (χ1v) is 13.8. The van der Waals surface area contributed by atoms with Gasteiger partial charge in [-0.1, -0.05) is 90.5 Å². The number of fused-ring (bicyclic) bond motifs is 2. The van der Waals surface area contributed by atoms with Gasteiger partial charge in [0.25, 0.3) is 5.91 Å². The molecule has 0 saturated heterocycles. The molecule has 4 aromatic carbocycles. The lowest BCUT2D eigenvalue weighted by molar-refractivity contribution is -0.138. The van der Waals surface area contributed by atoms with Crippen molar-refractivity contribution in [2.75, 3.05) is 12.0 Å². The summed E-state index contributed by atoms with van der Waals surface area (Å²) in [5.74, 6) is -1.54. The van der Waals surface area contributed by atoms with Crippen LogP contribution in [-0.4, -0.2) is 35.6 Å². The lowest BCUT2D eigenvalue weighted by Gasteiger charge is -2.29. The largest absolute Gasteiger partial charge is 0.466 e. The minimum Gasteiger partial charge on any atom is -0.466 e. The number of methoxy groups -OCH3 is 1. The van der Waals surface area contributed by atoms with Crippen LogP contribution in [0.2, 0.25) is 5.02 Å². The van der Waals surface area contributed by atoms with Gasteiger partial charge in [-0.15, -0.1) is 0 Å². The average molecular weight is 576 g/mol. The van der Waals surface area contributed by atoms with Crippen LogP contribution < -0.4 is 4.90 Å². The molecule has 0 aliphatic carbocycles. The first-order valence-electron chi connectivity index (χ1n) is 13.4. The van der Waals surface area contributed by atoms with E-state index < -0.39 is 17.3 Å². The SMILES string of the molecule is COC(=O)C1=CN(C(=O)c2ccccc2)N=C(c2ccccc2)CC12C(=O)N(Cc1ccccc1)c1ccc(Cl)cc12. The van der Waals surface area contributed by atoms with E-state index in [1.807, 2.05) is 66.7 Å². The number of carbonyl (C=O) groups excluding carboxylic acids is 3. The third kappa shape index (κ3) is 4.67. The van der Waals surface area contributed by atoms with Gasteiger partial charge in [0.15, 0.2) is 0 Å². The van der Waals surface area contributed by atoms with E-state index in [2.05, 4.69) is 0 Å². The van der Waals surface area contributed by atoms with Gasteiger partial charge in [-0.05, 0) is 47.0 Å². The van der Waals surface area contributed by atoms with E-state index in [0.29, 0.717) is 33.1 Å². The van der Waals surface area contributed by atoms with Crippen molar-refractivity contribution in [1.82, 2.24) is 5.01 Å². The molecule has 1 atom stereocenters. The van der Waals surface area contributed by atoms with E-state index in [0.717, 1.165) is 10.6 Å². The molecular formula is C34H26ClN3O4. The van der Waals surface area contributed by atoms with Gasteiger partial charge in [-0.3, -0.25) is 9.59 Å². The maximum absolute atomic E-state index is 14.8. The molecule has 2 amide bonds. The Bertz CT molecular complexity index is 1740. The quantitative estimate of drug-likeness (QED) is 0.268. The van der Waals surface area contributed by atoms with Gasteiger partial charge in [-0.2, -0.15) is 5.10 Å². The lowest BCUT2D eigenvalue weighted by Crippen LogP contribution is -2.45. The van der Waals surface area contributed by atoms with Crippen LogP contribution in [0.4, 0.5) is 5.69 Å². The van der Waals surface area contributed by atoms with Gasteiger partial charge in [0.05, 0.1) is 24.9 Å². The Balaban J connectivity index is 1.60. The van der Waals surface area contributed by atoms with E-state index >= 15 is 0 Å². The third-order valence-corrected chi connectivity index (χ3v) is 7.85. The normalized spacial score (nSPS) is 17.8. The molecule has 1 unspecified atom stereocenters. The van der Waals surface area contributed by atoms with Crippen molar-refractivity contribution in [3.8, 4) is 0 Å². The highest BCUT2D eigenvalue weighted by atomic mass is 35.5. The maximum atomic E-state index is 14.8. The summed E-state index contributed by atoms with van der Waals surface area (Å²) < 4.78 is 5.25. The molecule has 0 bridgehead atoms. The Kier molecular flexibility index (Phi) is 7.19. The molecule has 4 aromatic rings. The minimum atomic E-state index is -1.57. The molecule has 0 saturated carbocycles. The van der Waals surface area contributed by atoms with E-state index in [1.54, 1.807) is 47.4 Å². The summed E-state index contributed by atoms with van der Waals surface area (Å²) in [6, 6.07) is 32.8. The predicted octanol–water partition coefficient (Wildman–Crippen LogP) is 6.13. The summed E-state index contributed by atoms with van der Waals surface area (Å²) in [5.41, 5.74) is 2.05. The monoisotopic (exact) mass is 575 g/mol. The number of hydrogen-bond donors (Lipinski definition) is 0. The number of ether oxygens (including phenoxy) is 1. The number of nitrogens with zero attached hydrogens (tertiary/aromatic N) is 3. The number of benzene rings is 4. The molecule has 2 heterocycles. The molecule has 1 spiro atoms. The predicted molar refractivity (Wildman–Crippen MR) is 161 cm³/mol. The summed E-state index contributed by atoms with van der Waals surface area (Å²) in [6.45, 7) is 0.273. The minimum absolute atomic E-state index is 0.00597. The van der Waals surface area contributed by atoms with Crippen LogP contribution in [-0.2, 0) is 26.3 Å². The molecule has 2 aliphatic rings.